The van der Waals surface area contributed by atoms with E-state index in [0.29, 0.717) is 0 Å². The van der Waals surface area contributed by atoms with Gasteiger partial charge in [-0.25, -0.2) is 0 Å². The van der Waals surface area contributed by atoms with E-state index >= 15 is 0 Å². The number of aliphatic hydroxyl groups is 1. The molecule has 10 rings (SSSR count). The van der Waals surface area contributed by atoms with Crippen molar-refractivity contribution in [2.45, 2.75) is 19.3 Å². The fraction of sp³-hybridized carbons (Fsp3) is 0.0508. The summed E-state index contributed by atoms with van der Waals surface area (Å²) >= 11 is 0. The van der Waals surface area contributed by atoms with Crippen LogP contribution in [-0.2, 0) is 31.3 Å². The van der Waals surface area contributed by atoms with Gasteiger partial charge < -0.3 is 19.9 Å². The number of hydrogen-bond donors (Lipinski definition) is 1. The molecule has 0 saturated carbocycles. The molecule has 0 amide bonds. The predicted molar refractivity (Wildman–Crippen MR) is 262 cm³/mol. The molecular weight excluding hydrogens is 978 g/mol. The quantitative estimate of drug-likeness (QED) is 0.0840. The van der Waals surface area contributed by atoms with Crippen LogP contribution in [0, 0.1) is 6.07 Å². The predicted octanol–water partition coefficient (Wildman–Crippen LogP) is 14.9. The number of aliphatic hydroxyl groups excluding tert-OH is 1. The average Bonchev–Trinajstić information content (AvgIpc) is 3.64. The third-order valence-corrected chi connectivity index (χ3v) is 11.5. The van der Waals surface area contributed by atoms with Gasteiger partial charge in [0.1, 0.15) is 0 Å². The molecule has 0 saturated heterocycles. The Morgan fingerprint density at radius 2 is 0.923 bits per heavy atom. The summed E-state index contributed by atoms with van der Waals surface area (Å²) in [6, 6.07) is 83.8. The second-order valence-electron chi connectivity index (χ2n) is 15.7. The van der Waals surface area contributed by atoms with Gasteiger partial charge in [-0.1, -0.05) is 145 Å². The summed E-state index contributed by atoms with van der Waals surface area (Å²) in [5, 5.41) is 8.36. The number of allylic oxidation sites excluding steroid dienone is 2. The number of rotatable bonds is 10. The zero-order chi connectivity index (χ0) is 43.9. The molecule has 8 aromatic carbocycles. The van der Waals surface area contributed by atoms with E-state index in [1.807, 2.05) is 18.3 Å². The molecule has 0 spiro atoms. The van der Waals surface area contributed by atoms with Crippen LogP contribution in [-0.4, -0.2) is 15.9 Å². The second kappa shape index (κ2) is 19.8. The number of para-hydroxylation sites is 4. The molecule has 65 heavy (non-hydrogen) atoms. The molecule has 1 aliphatic rings. The van der Waals surface area contributed by atoms with Crippen LogP contribution in [0.3, 0.4) is 0 Å². The monoisotopic (exact) mass is 1020 g/mol. The topological polar surface area (TPSA) is 56.7 Å². The van der Waals surface area contributed by atoms with E-state index in [9.17, 15) is 4.79 Å². The van der Waals surface area contributed by atoms with Gasteiger partial charge in [0, 0.05) is 67.5 Å². The molecule has 1 aromatic heterocycles. The van der Waals surface area contributed by atoms with Gasteiger partial charge in [0.25, 0.3) is 0 Å². The maximum absolute atomic E-state index is 10.0. The SMILES string of the molecule is CC(=O)/C=C(/C)O.[Pt].[c-]1cc2c(cc1-c1ccccn1)C(c1ccc(N(c3ccccc3)c3ccccc3)cc1)(c1ccc(N(c3ccccc3)c3ccccc3)cc1)c1ccccc1-2. The van der Waals surface area contributed by atoms with E-state index in [4.69, 9.17) is 10.1 Å². The molecule has 0 radical (unpaired) electrons. The van der Waals surface area contributed by atoms with Crippen molar-refractivity contribution in [2.75, 3.05) is 9.80 Å². The number of ketones is 1. The number of carbonyl (C=O) groups excluding carboxylic acids is 1. The Bertz CT molecular complexity index is 2810. The van der Waals surface area contributed by atoms with Gasteiger partial charge in [-0.3, -0.25) is 4.79 Å². The van der Waals surface area contributed by atoms with Crippen LogP contribution in [0.4, 0.5) is 34.1 Å². The zero-order valence-corrected chi connectivity index (χ0v) is 38.3. The molecule has 1 heterocycles. The summed E-state index contributed by atoms with van der Waals surface area (Å²) in [5.41, 5.74) is 15.1. The molecule has 9 aromatic rings. The molecule has 0 unspecified atom stereocenters. The number of anilines is 6. The Labute approximate surface area is 395 Å². The van der Waals surface area contributed by atoms with Gasteiger partial charge in [0.2, 0.25) is 0 Å². The van der Waals surface area contributed by atoms with Crippen molar-refractivity contribution < 1.29 is 31.0 Å². The number of aromatic nitrogens is 1. The molecule has 5 nitrogen and oxygen atoms in total. The minimum absolute atomic E-state index is 0. The first kappa shape index (κ1) is 44.0. The first-order valence-corrected chi connectivity index (χ1v) is 21.4. The van der Waals surface area contributed by atoms with E-state index in [1.54, 1.807) is 0 Å². The van der Waals surface area contributed by atoms with Crippen molar-refractivity contribution in [3.63, 3.8) is 0 Å². The minimum Gasteiger partial charge on any atom is -0.512 e. The molecule has 0 aliphatic heterocycles. The second-order valence-corrected chi connectivity index (χ2v) is 15.7. The van der Waals surface area contributed by atoms with Gasteiger partial charge in [-0.15, -0.1) is 29.3 Å². The molecule has 1 aliphatic carbocycles. The number of fused-ring (bicyclic) bond motifs is 3. The number of carbonyl (C=O) groups is 1. The van der Waals surface area contributed by atoms with Gasteiger partial charge in [0.15, 0.2) is 5.78 Å². The molecular formula is C59H46N3O2Pt-. The fourth-order valence-electron chi connectivity index (χ4n) is 8.89. The number of nitrogens with zero attached hydrogens (tertiary/aromatic N) is 3. The van der Waals surface area contributed by atoms with Crippen molar-refractivity contribution in [2.24, 2.45) is 0 Å². The fourth-order valence-corrected chi connectivity index (χ4v) is 8.89. The molecule has 320 valence electrons. The van der Waals surface area contributed by atoms with Crippen LogP contribution in [0.1, 0.15) is 36.1 Å². The molecule has 1 N–H and O–H groups in total. The number of hydrogen-bond acceptors (Lipinski definition) is 5. The van der Waals surface area contributed by atoms with E-state index < -0.39 is 5.41 Å². The Balaban J connectivity index is 0.000000668. The maximum Gasteiger partial charge on any atom is 0.155 e. The summed E-state index contributed by atoms with van der Waals surface area (Å²) in [6.45, 7) is 2.85. The van der Waals surface area contributed by atoms with Gasteiger partial charge in [0.05, 0.1) is 11.2 Å². The summed E-state index contributed by atoms with van der Waals surface area (Å²) in [5.74, 6) is -0.0625. The van der Waals surface area contributed by atoms with Crippen LogP contribution in [0.25, 0.3) is 22.4 Å². The molecule has 0 fully saturated rings. The minimum atomic E-state index is -0.629. The summed E-state index contributed by atoms with van der Waals surface area (Å²) in [7, 11) is 0. The molecule has 0 atom stereocenters. The van der Waals surface area contributed by atoms with Crippen molar-refractivity contribution >= 4 is 39.9 Å². The largest absolute Gasteiger partial charge is 0.512 e. The number of pyridine rings is 1. The van der Waals surface area contributed by atoms with E-state index in [-0.39, 0.29) is 32.6 Å². The van der Waals surface area contributed by atoms with Crippen molar-refractivity contribution in [3.05, 3.63) is 271 Å². The van der Waals surface area contributed by atoms with Crippen molar-refractivity contribution in [3.8, 4) is 22.4 Å². The average molecular weight is 1020 g/mol. The maximum atomic E-state index is 10.0. The van der Waals surface area contributed by atoms with Crippen LogP contribution in [0.15, 0.2) is 242 Å². The van der Waals surface area contributed by atoms with Crippen LogP contribution in [0.2, 0.25) is 0 Å². The van der Waals surface area contributed by atoms with Gasteiger partial charge >= 0.3 is 0 Å². The summed E-state index contributed by atoms with van der Waals surface area (Å²) < 4.78 is 0. The third kappa shape index (κ3) is 8.97. The van der Waals surface area contributed by atoms with Crippen molar-refractivity contribution in [1.29, 1.82) is 0 Å². The number of benzene rings is 8. The van der Waals surface area contributed by atoms with Gasteiger partial charge in [-0.05, 0) is 115 Å². The van der Waals surface area contributed by atoms with Gasteiger partial charge in [-0.2, -0.15) is 0 Å². The van der Waals surface area contributed by atoms with E-state index in [2.05, 4.69) is 228 Å². The standard InChI is InChI=1S/C54H38N3.C5H8O2.Pt/c1-5-17-43(18-6-1)56(44-19-7-2-8-20-44)47-33-29-41(30-34-47)54(42-31-35-48(36-32-42)57(45-21-9-3-10-22-45)46-23-11-4-12-24-46)51-26-14-13-25-49(51)50-37-28-40(39-52(50)54)53-27-15-16-38-55-53;1-4(6)3-5(2)7;/h1-27,29-39H;3,6H,1-2H3;/q-1;;/b;4-3-;. The molecule has 6 heteroatoms. The normalized spacial score (nSPS) is 12.1. The zero-order valence-electron chi connectivity index (χ0n) is 36.0. The summed E-state index contributed by atoms with van der Waals surface area (Å²) in [4.78, 5) is 19.4. The first-order valence-electron chi connectivity index (χ1n) is 21.4. The first-order chi connectivity index (χ1) is 31.4. The van der Waals surface area contributed by atoms with Crippen molar-refractivity contribution in [1.82, 2.24) is 4.98 Å². The van der Waals surface area contributed by atoms with Crippen LogP contribution in [0.5, 0.6) is 0 Å². The smallest absolute Gasteiger partial charge is 0.155 e. The Kier molecular flexibility index (Phi) is 13.4. The van der Waals surface area contributed by atoms with E-state index in [0.717, 1.165) is 45.4 Å². The Morgan fingerprint density at radius 1 is 0.508 bits per heavy atom. The van der Waals surface area contributed by atoms with Crippen LogP contribution < -0.4 is 9.80 Å². The summed E-state index contributed by atoms with van der Waals surface area (Å²) in [6.07, 6.45) is 3.02. The molecule has 0 bridgehead atoms. The Morgan fingerprint density at radius 3 is 1.32 bits per heavy atom. The third-order valence-electron chi connectivity index (χ3n) is 11.5. The Hall–Kier alpha value is -7.59. The van der Waals surface area contributed by atoms with E-state index in [1.165, 1.54) is 53.3 Å². The van der Waals surface area contributed by atoms with Crippen LogP contribution >= 0.6 is 0 Å².